The summed E-state index contributed by atoms with van der Waals surface area (Å²) < 4.78 is 13.5. The number of carbonyl (C=O) groups is 1. The minimum absolute atomic E-state index is 0.356. The highest BCUT2D eigenvalue weighted by Crippen LogP contribution is 2.29. The molecule has 0 unspecified atom stereocenters. The highest BCUT2D eigenvalue weighted by molar-refractivity contribution is 6.30. The molecule has 0 aliphatic heterocycles. The van der Waals surface area contributed by atoms with Crippen LogP contribution in [0.2, 0.25) is 5.02 Å². The molecule has 0 radical (unpaired) electrons. The highest BCUT2D eigenvalue weighted by Gasteiger charge is 2.28. The third-order valence-corrected chi connectivity index (χ3v) is 3.64. The van der Waals surface area contributed by atoms with Crippen LogP contribution in [0.15, 0.2) is 48.5 Å². The zero-order valence-electron chi connectivity index (χ0n) is 11.5. The Morgan fingerprint density at radius 3 is 2.38 bits per heavy atom. The summed E-state index contributed by atoms with van der Waals surface area (Å²) in [6.45, 7) is 0. The van der Waals surface area contributed by atoms with Crippen LogP contribution in [-0.2, 0) is 4.79 Å². The van der Waals surface area contributed by atoms with Crippen LogP contribution in [0, 0.1) is 5.82 Å². The topological polar surface area (TPSA) is 55.1 Å². The van der Waals surface area contributed by atoms with E-state index in [1.165, 1.54) is 12.1 Å². The summed E-state index contributed by atoms with van der Waals surface area (Å²) in [4.78, 5) is 11.7. The van der Waals surface area contributed by atoms with E-state index in [1.807, 2.05) is 12.1 Å². The molecule has 0 heterocycles. The number of hydrogen-bond donors (Lipinski definition) is 2. The molecule has 1 amide bonds. The second-order valence-electron chi connectivity index (χ2n) is 4.75. The van der Waals surface area contributed by atoms with Gasteiger partial charge in [-0.25, -0.2) is 4.39 Å². The number of nitrogens with one attached hydrogen (secondary N) is 1. The minimum atomic E-state index is -0.645. The lowest BCUT2D eigenvalue weighted by atomic mass is 9.84. The molecule has 0 aromatic heterocycles. The van der Waals surface area contributed by atoms with Gasteiger partial charge in [0.15, 0.2) is 0 Å². The maximum absolute atomic E-state index is 13.5. The third kappa shape index (κ3) is 3.60. The molecule has 21 heavy (non-hydrogen) atoms. The molecule has 3 N–H and O–H groups in total. The van der Waals surface area contributed by atoms with Crippen LogP contribution in [0.4, 0.5) is 4.39 Å². The van der Waals surface area contributed by atoms with Gasteiger partial charge >= 0.3 is 0 Å². The van der Waals surface area contributed by atoms with Crippen molar-refractivity contribution in [3.05, 3.63) is 70.5 Å². The van der Waals surface area contributed by atoms with Crippen molar-refractivity contribution in [1.82, 2.24) is 5.32 Å². The van der Waals surface area contributed by atoms with Gasteiger partial charge in [-0.1, -0.05) is 35.9 Å². The van der Waals surface area contributed by atoms with Crippen molar-refractivity contribution in [1.29, 1.82) is 0 Å². The Balaban J connectivity index is 2.53. The largest absolute Gasteiger partial charge is 0.368 e. The molecule has 2 rings (SSSR count). The number of halogens is 2. The molecule has 0 spiro atoms. The number of carbonyl (C=O) groups excluding carboxylic acids is 1. The average molecular weight is 307 g/mol. The number of hydrogen-bond acceptors (Lipinski definition) is 2. The fourth-order valence-corrected chi connectivity index (χ4v) is 2.55. The van der Waals surface area contributed by atoms with Gasteiger partial charge in [-0.3, -0.25) is 4.79 Å². The van der Waals surface area contributed by atoms with Gasteiger partial charge in [0, 0.05) is 10.9 Å². The lowest BCUT2D eigenvalue weighted by Gasteiger charge is -2.25. The van der Waals surface area contributed by atoms with Gasteiger partial charge in [0.1, 0.15) is 5.82 Å². The Morgan fingerprint density at radius 1 is 1.19 bits per heavy atom. The molecule has 0 saturated carbocycles. The van der Waals surface area contributed by atoms with Crippen molar-refractivity contribution in [3.8, 4) is 0 Å². The Bertz CT molecular complexity index is 630. The van der Waals surface area contributed by atoms with Gasteiger partial charge in [0.2, 0.25) is 5.91 Å². The predicted molar refractivity (Wildman–Crippen MR) is 81.7 cm³/mol. The lowest BCUT2D eigenvalue weighted by molar-refractivity contribution is -0.120. The number of amides is 1. The van der Waals surface area contributed by atoms with Gasteiger partial charge in [-0.05, 0) is 42.4 Å². The summed E-state index contributed by atoms with van der Waals surface area (Å²) >= 11 is 5.90. The molecule has 0 saturated heterocycles. The van der Waals surface area contributed by atoms with Crippen molar-refractivity contribution in [2.45, 2.75) is 12.0 Å². The molecule has 2 aromatic carbocycles. The summed E-state index contributed by atoms with van der Waals surface area (Å²) in [6, 6.07) is 12.6. The number of likely N-dealkylation sites (N-methyl/N-ethyl adjacent to an activating group) is 1. The monoisotopic (exact) mass is 306 g/mol. The van der Waals surface area contributed by atoms with E-state index in [0.717, 1.165) is 5.56 Å². The molecule has 0 bridgehead atoms. The molecule has 5 heteroatoms. The van der Waals surface area contributed by atoms with E-state index in [1.54, 1.807) is 31.3 Å². The van der Waals surface area contributed by atoms with E-state index in [4.69, 9.17) is 17.3 Å². The van der Waals surface area contributed by atoms with Crippen LogP contribution in [0.1, 0.15) is 17.0 Å². The summed E-state index contributed by atoms with van der Waals surface area (Å²) in [7, 11) is 1.65. The van der Waals surface area contributed by atoms with Gasteiger partial charge in [-0.2, -0.15) is 0 Å². The fraction of sp³-hybridized carbons (Fsp3) is 0.188. The first kappa shape index (κ1) is 15.5. The predicted octanol–water partition coefficient (Wildman–Crippen LogP) is 2.68. The molecule has 3 nitrogen and oxygen atoms in total. The smallest absolute Gasteiger partial charge is 0.235 e. The van der Waals surface area contributed by atoms with Crippen LogP contribution >= 0.6 is 11.6 Å². The number of benzene rings is 2. The van der Waals surface area contributed by atoms with E-state index in [2.05, 4.69) is 5.32 Å². The summed E-state index contributed by atoms with van der Waals surface area (Å²) in [5.41, 5.74) is 6.98. The second kappa shape index (κ2) is 6.70. The first-order chi connectivity index (χ1) is 10.0. The first-order valence-electron chi connectivity index (χ1n) is 6.50. The lowest BCUT2D eigenvalue weighted by Crippen LogP contribution is -2.44. The standard InChI is InChI=1S/C16H16ClFN2O/c1-20-15(16(19)21)14(10-5-7-12(17)8-6-10)11-3-2-4-13(18)9-11/h2-9,14-15,20H,1H3,(H2,19,21)/t14-,15-/m0/s1. The number of rotatable bonds is 5. The van der Waals surface area contributed by atoms with E-state index >= 15 is 0 Å². The van der Waals surface area contributed by atoms with Crippen molar-refractivity contribution in [3.63, 3.8) is 0 Å². The SMILES string of the molecule is CN[C@H](C(N)=O)[C@@H](c1ccc(Cl)cc1)c1cccc(F)c1. The Kier molecular flexibility index (Phi) is 4.94. The van der Waals surface area contributed by atoms with Gasteiger partial charge in [0.05, 0.1) is 6.04 Å². The molecule has 0 aliphatic rings. The number of primary amides is 1. The molecule has 2 atom stereocenters. The van der Waals surface area contributed by atoms with Crippen LogP contribution in [0.3, 0.4) is 0 Å². The minimum Gasteiger partial charge on any atom is -0.368 e. The maximum Gasteiger partial charge on any atom is 0.235 e. The third-order valence-electron chi connectivity index (χ3n) is 3.39. The summed E-state index contributed by atoms with van der Waals surface area (Å²) in [6.07, 6.45) is 0. The molecule has 2 aromatic rings. The normalized spacial score (nSPS) is 13.7. The maximum atomic E-state index is 13.5. The Morgan fingerprint density at radius 2 is 1.86 bits per heavy atom. The van der Waals surface area contributed by atoms with Gasteiger partial charge in [0.25, 0.3) is 0 Å². The molecule has 110 valence electrons. The second-order valence-corrected chi connectivity index (χ2v) is 5.19. The number of nitrogens with two attached hydrogens (primary N) is 1. The van der Waals surface area contributed by atoms with Gasteiger partial charge < -0.3 is 11.1 Å². The summed E-state index contributed by atoms with van der Waals surface area (Å²) in [5, 5.41) is 3.50. The van der Waals surface area contributed by atoms with Crippen molar-refractivity contribution < 1.29 is 9.18 Å². The van der Waals surface area contributed by atoms with Crippen molar-refractivity contribution in [2.24, 2.45) is 5.73 Å². The average Bonchev–Trinajstić information content (AvgIpc) is 2.45. The van der Waals surface area contributed by atoms with Crippen LogP contribution in [-0.4, -0.2) is 19.0 Å². The fourth-order valence-electron chi connectivity index (χ4n) is 2.42. The van der Waals surface area contributed by atoms with E-state index in [9.17, 15) is 9.18 Å². The van der Waals surface area contributed by atoms with Crippen LogP contribution in [0.25, 0.3) is 0 Å². The van der Waals surface area contributed by atoms with Crippen LogP contribution in [0.5, 0.6) is 0 Å². The van der Waals surface area contributed by atoms with Crippen molar-refractivity contribution in [2.75, 3.05) is 7.05 Å². The quantitative estimate of drug-likeness (QED) is 0.892. The molecular formula is C16H16ClFN2O. The summed E-state index contributed by atoms with van der Waals surface area (Å²) in [5.74, 6) is -1.24. The zero-order valence-corrected chi connectivity index (χ0v) is 12.3. The Hall–Kier alpha value is -1.91. The Labute approximate surface area is 127 Å². The van der Waals surface area contributed by atoms with E-state index < -0.39 is 11.9 Å². The van der Waals surface area contributed by atoms with Gasteiger partial charge in [-0.15, -0.1) is 0 Å². The molecule has 0 aliphatic carbocycles. The van der Waals surface area contributed by atoms with E-state index in [0.29, 0.717) is 10.6 Å². The van der Waals surface area contributed by atoms with Crippen molar-refractivity contribution >= 4 is 17.5 Å². The highest BCUT2D eigenvalue weighted by atomic mass is 35.5. The zero-order chi connectivity index (χ0) is 15.4. The molecule has 0 fully saturated rings. The van der Waals surface area contributed by atoms with E-state index in [-0.39, 0.29) is 11.7 Å². The molecular weight excluding hydrogens is 291 g/mol. The first-order valence-corrected chi connectivity index (χ1v) is 6.88. The van der Waals surface area contributed by atoms with Crippen LogP contribution < -0.4 is 11.1 Å².